The summed E-state index contributed by atoms with van der Waals surface area (Å²) in [6, 6.07) is 11.9. The lowest BCUT2D eigenvalue weighted by atomic mass is 9.97. The van der Waals surface area contributed by atoms with Crippen molar-refractivity contribution in [2.75, 3.05) is 6.54 Å². The maximum Gasteiger partial charge on any atom is 0.263 e. The van der Waals surface area contributed by atoms with E-state index < -0.39 is 6.10 Å². The van der Waals surface area contributed by atoms with E-state index >= 15 is 0 Å². The summed E-state index contributed by atoms with van der Waals surface area (Å²) < 4.78 is 5.80. The lowest BCUT2D eigenvalue weighted by molar-refractivity contribution is -0.141. The zero-order valence-corrected chi connectivity index (χ0v) is 13.8. The van der Waals surface area contributed by atoms with E-state index in [1.165, 1.54) is 10.4 Å². The Morgan fingerprint density at radius 1 is 1.36 bits per heavy atom. The highest BCUT2D eigenvalue weighted by Crippen LogP contribution is 2.35. The number of hydrogen-bond acceptors (Lipinski definition) is 3. The molecule has 3 rings (SSSR count). The Morgan fingerprint density at radius 2 is 2.14 bits per heavy atom. The third kappa shape index (κ3) is 2.88. The first kappa shape index (κ1) is 15.1. The van der Waals surface area contributed by atoms with Crippen LogP contribution in [0.15, 0.2) is 41.8 Å². The Bertz CT molecular complexity index is 638. The number of carbonyl (C=O) groups excluding carboxylic acids is 1. The minimum absolute atomic E-state index is 0.0764. The number of fused-ring (bicyclic) bond motifs is 1. The number of amides is 1. The van der Waals surface area contributed by atoms with Crippen LogP contribution in [0.1, 0.15) is 36.8 Å². The normalized spacial score (nSPS) is 18.6. The second-order valence-corrected chi connectivity index (χ2v) is 6.58. The van der Waals surface area contributed by atoms with Crippen molar-refractivity contribution in [1.29, 1.82) is 0 Å². The molecule has 0 spiro atoms. The number of para-hydroxylation sites is 1. The second-order valence-electron chi connectivity index (χ2n) is 5.58. The van der Waals surface area contributed by atoms with Crippen LogP contribution in [0.25, 0.3) is 0 Å². The molecule has 1 aromatic heterocycles. The Balaban J connectivity index is 1.74. The minimum Gasteiger partial charge on any atom is -0.481 e. The van der Waals surface area contributed by atoms with Crippen LogP contribution in [-0.2, 0) is 11.2 Å². The summed E-state index contributed by atoms with van der Waals surface area (Å²) in [6.07, 6.45) is 1.43. The maximum absolute atomic E-state index is 12.8. The number of thiophene rings is 1. The van der Waals surface area contributed by atoms with E-state index in [1.807, 2.05) is 42.2 Å². The van der Waals surface area contributed by atoms with Gasteiger partial charge in [0.2, 0.25) is 0 Å². The molecule has 0 fully saturated rings. The molecule has 3 nitrogen and oxygen atoms in total. The van der Waals surface area contributed by atoms with Crippen LogP contribution < -0.4 is 4.74 Å². The summed E-state index contributed by atoms with van der Waals surface area (Å²) >= 11 is 1.80. The van der Waals surface area contributed by atoms with Gasteiger partial charge in [-0.05, 0) is 48.9 Å². The van der Waals surface area contributed by atoms with Crippen LogP contribution in [0, 0.1) is 0 Å². The van der Waals surface area contributed by atoms with Crippen LogP contribution in [0.3, 0.4) is 0 Å². The third-order valence-electron chi connectivity index (χ3n) is 4.17. The van der Waals surface area contributed by atoms with E-state index in [0.29, 0.717) is 0 Å². The van der Waals surface area contributed by atoms with Gasteiger partial charge in [0.25, 0.3) is 5.91 Å². The average Bonchev–Trinajstić information content (AvgIpc) is 3.02. The fourth-order valence-corrected chi connectivity index (χ4v) is 4.02. The summed E-state index contributed by atoms with van der Waals surface area (Å²) in [5, 5.41) is 2.13. The van der Waals surface area contributed by atoms with Gasteiger partial charge in [-0.3, -0.25) is 4.79 Å². The van der Waals surface area contributed by atoms with Crippen LogP contribution in [0.5, 0.6) is 5.75 Å². The lowest BCUT2D eigenvalue weighted by Gasteiger charge is -2.36. The van der Waals surface area contributed by atoms with Gasteiger partial charge in [-0.2, -0.15) is 0 Å². The van der Waals surface area contributed by atoms with E-state index in [-0.39, 0.29) is 11.9 Å². The smallest absolute Gasteiger partial charge is 0.263 e. The van der Waals surface area contributed by atoms with E-state index in [0.717, 1.165) is 25.1 Å². The van der Waals surface area contributed by atoms with E-state index in [9.17, 15) is 4.79 Å². The molecule has 22 heavy (non-hydrogen) atoms. The number of benzene rings is 1. The summed E-state index contributed by atoms with van der Waals surface area (Å²) in [4.78, 5) is 16.2. The molecule has 1 aromatic carbocycles. The summed E-state index contributed by atoms with van der Waals surface area (Å²) in [5.74, 6) is 0.817. The molecule has 116 valence electrons. The van der Waals surface area contributed by atoms with Gasteiger partial charge in [-0.15, -0.1) is 11.3 Å². The Kier molecular flexibility index (Phi) is 4.48. The molecule has 0 bridgehead atoms. The Hall–Kier alpha value is -1.81. The largest absolute Gasteiger partial charge is 0.481 e. The van der Waals surface area contributed by atoms with Crippen LogP contribution in [0.4, 0.5) is 0 Å². The van der Waals surface area contributed by atoms with Crippen LogP contribution in [0.2, 0.25) is 0 Å². The van der Waals surface area contributed by atoms with Gasteiger partial charge in [0, 0.05) is 11.4 Å². The van der Waals surface area contributed by atoms with E-state index in [1.54, 1.807) is 11.3 Å². The molecular formula is C18H21NO2S. The zero-order valence-electron chi connectivity index (χ0n) is 13.0. The molecule has 4 heteroatoms. The topological polar surface area (TPSA) is 29.5 Å². The third-order valence-corrected chi connectivity index (χ3v) is 5.16. The number of nitrogens with zero attached hydrogens (tertiary/aromatic N) is 1. The number of ether oxygens (including phenoxy) is 1. The predicted octanol–water partition coefficient (Wildman–Crippen LogP) is 4.05. The maximum atomic E-state index is 12.8. The molecule has 1 amide bonds. The van der Waals surface area contributed by atoms with Crippen molar-refractivity contribution in [3.8, 4) is 5.75 Å². The molecule has 1 aliphatic heterocycles. The molecule has 2 atom stereocenters. The van der Waals surface area contributed by atoms with Crippen LogP contribution >= 0.6 is 11.3 Å². The fourth-order valence-electron chi connectivity index (χ4n) is 3.09. The highest BCUT2D eigenvalue weighted by atomic mass is 32.1. The van der Waals surface area contributed by atoms with Gasteiger partial charge in [0.15, 0.2) is 6.10 Å². The Labute approximate surface area is 135 Å². The van der Waals surface area contributed by atoms with Gasteiger partial charge in [0.05, 0.1) is 6.04 Å². The Morgan fingerprint density at radius 3 is 2.86 bits per heavy atom. The lowest BCUT2D eigenvalue weighted by Crippen LogP contribution is -2.45. The van der Waals surface area contributed by atoms with E-state index in [2.05, 4.69) is 18.4 Å². The van der Waals surface area contributed by atoms with Gasteiger partial charge in [0.1, 0.15) is 5.75 Å². The first-order chi connectivity index (χ1) is 10.7. The molecule has 0 saturated heterocycles. The second kappa shape index (κ2) is 6.53. The van der Waals surface area contributed by atoms with Gasteiger partial charge in [-0.25, -0.2) is 0 Å². The molecule has 0 saturated carbocycles. The molecule has 0 N–H and O–H groups in total. The molecule has 1 aliphatic rings. The van der Waals surface area contributed by atoms with Crippen molar-refractivity contribution in [2.24, 2.45) is 0 Å². The van der Waals surface area contributed by atoms with Gasteiger partial charge < -0.3 is 9.64 Å². The van der Waals surface area contributed by atoms with Gasteiger partial charge >= 0.3 is 0 Å². The quantitative estimate of drug-likeness (QED) is 0.852. The number of carbonyl (C=O) groups is 1. The zero-order chi connectivity index (χ0) is 15.5. The number of hydrogen-bond donors (Lipinski definition) is 0. The molecule has 2 aromatic rings. The average molecular weight is 315 g/mol. The van der Waals surface area contributed by atoms with Crippen molar-refractivity contribution >= 4 is 17.2 Å². The van der Waals surface area contributed by atoms with Crippen molar-refractivity contribution in [3.05, 3.63) is 52.2 Å². The summed E-state index contributed by atoms with van der Waals surface area (Å²) in [7, 11) is 0. The highest BCUT2D eigenvalue weighted by Gasteiger charge is 2.33. The first-order valence-electron chi connectivity index (χ1n) is 7.79. The first-order valence-corrected chi connectivity index (χ1v) is 8.67. The van der Waals surface area contributed by atoms with Crippen molar-refractivity contribution in [2.45, 2.75) is 38.8 Å². The monoisotopic (exact) mass is 315 g/mol. The minimum atomic E-state index is -0.461. The predicted molar refractivity (Wildman–Crippen MR) is 89.3 cm³/mol. The van der Waals surface area contributed by atoms with Gasteiger partial charge in [-0.1, -0.05) is 25.1 Å². The summed E-state index contributed by atoms with van der Waals surface area (Å²) in [6.45, 7) is 4.76. The summed E-state index contributed by atoms with van der Waals surface area (Å²) in [5.41, 5.74) is 1.32. The van der Waals surface area contributed by atoms with Crippen molar-refractivity contribution < 1.29 is 9.53 Å². The van der Waals surface area contributed by atoms with Crippen molar-refractivity contribution in [3.63, 3.8) is 0 Å². The molecule has 0 radical (unpaired) electrons. The highest BCUT2D eigenvalue weighted by molar-refractivity contribution is 7.10. The van der Waals surface area contributed by atoms with Crippen molar-refractivity contribution in [1.82, 2.24) is 4.90 Å². The van der Waals surface area contributed by atoms with Crippen LogP contribution in [-0.4, -0.2) is 23.5 Å². The molecule has 2 heterocycles. The number of rotatable bonds is 4. The molecular weight excluding hydrogens is 294 g/mol. The molecule has 2 unspecified atom stereocenters. The standard InChI is InChI=1S/C18H21NO2S/c1-3-16-15-10-12-22-17(15)9-11-19(16)18(20)13(2)21-14-7-5-4-6-8-14/h4-8,10,12-13,16H,3,9,11H2,1-2H3. The molecule has 0 aliphatic carbocycles. The SMILES string of the molecule is CCC1c2ccsc2CCN1C(=O)C(C)Oc1ccccc1. The van der Waals surface area contributed by atoms with E-state index in [4.69, 9.17) is 4.74 Å². The fraction of sp³-hybridized carbons (Fsp3) is 0.389.